The predicted octanol–water partition coefficient (Wildman–Crippen LogP) is 2.83. The molecule has 1 aliphatic rings. The lowest BCUT2D eigenvalue weighted by atomic mass is 10.0. The van der Waals surface area contributed by atoms with Crippen molar-refractivity contribution in [3.05, 3.63) is 40.9 Å². The van der Waals surface area contributed by atoms with Crippen LogP contribution >= 0.6 is 11.6 Å². The van der Waals surface area contributed by atoms with Crippen LogP contribution in [0, 0.1) is 6.92 Å². The number of hydrogen-bond acceptors (Lipinski definition) is 4. The number of piperidine rings is 1. The maximum absolute atomic E-state index is 12.5. The summed E-state index contributed by atoms with van der Waals surface area (Å²) in [7, 11) is 0. The first-order valence-corrected chi connectivity index (χ1v) is 9.17. The molecule has 0 bridgehead atoms. The van der Waals surface area contributed by atoms with Crippen molar-refractivity contribution in [2.24, 2.45) is 0 Å². The molecule has 1 aromatic carbocycles. The monoisotopic (exact) mass is 361 g/mol. The van der Waals surface area contributed by atoms with Crippen LogP contribution in [0.25, 0.3) is 5.69 Å². The summed E-state index contributed by atoms with van der Waals surface area (Å²) in [6, 6.07) is 7.50. The zero-order valence-corrected chi connectivity index (χ0v) is 15.5. The van der Waals surface area contributed by atoms with Crippen LogP contribution in [-0.4, -0.2) is 51.2 Å². The molecule has 2 heterocycles. The van der Waals surface area contributed by atoms with Gasteiger partial charge < -0.3 is 10.2 Å². The number of benzene rings is 1. The third-order valence-electron chi connectivity index (χ3n) is 4.51. The third-order valence-corrected chi connectivity index (χ3v) is 4.76. The van der Waals surface area contributed by atoms with Gasteiger partial charge in [-0.2, -0.15) is 0 Å². The van der Waals surface area contributed by atoms with Crippen LogP contribution in [0.5, 0.6) is 0 Å². The number of hydrogen-bond donors (Lipinski definition) is 1. The zero-order valence-electron chi connectivity index (χ0n) is 14.7. The van der Waals surface area contributed by atoms with Gasteiger partial charge in [-0.1, -0.05) is 18.5 Å². The summed E-state index contributed by atoms with van der Waals surface area (Å²) in [5, 5.41) is 8.09. The summed E-state index contributed by atoms with van der Waals surface area (Å²) in [5.74, 6) is 0.679. The van der Waals surface area contributed by atoms with E-state index in [1.165, 1.54) is 6.42 Å². The van der Waals surface area contributed by atoms with Crippen LogP contribution in [-0.2, 0) is 0 Å². The van der Waals surface area contributed by atoms with Crippen molar-refractivity contribution in [2.75, 3.05) is 19.6 Å². The second-order valence-corrected chi connectivity index (χ2v) is 6.90. The quantitative estimate of drug-likeness (QED) is 0.889. The molecule has 1 N–H and O–H groups in total. The highest BCUT2D eigenvalue weighted by molar-refractivity contribution is 6.30. The zero-order chi connectivity index (χ0) is 17.8. The Morgan fingerprint density at radius 1 is 1.28 bits per heavy atom. The molecule has 25 heavy (non-hydrogen) atoms. The minimum Gasteiger partial charge on any atom is -0.346 e. The highest BCUT2D eigenvalue weighted by atomic mass is 35.5. The molecule has 2 aromatic rings. The fourth-order valence-corrected chi connectivity index (χ4v) is 3.31. The number of amides is 1. The normalized spacial score (nSPS) is 16.1. The SMILES string of the molecule is CCCN1CCC(NC(=O)c2nc(C)n(-c3ccc(Cl)cc3)n2)CC1. The average Bonchev–Trinajstić information content (AvgIpc) is 3.00. The van der Waals surface area contributed by atoms with Gasteiger partial charge in [-0.05, 0) is 57.0 Å². The fraction of sp³-hybridized carbons (Fsp3) is 0.500. The number of carbonyl (C=O) groups is 1. The number of nitrogens with one attached hydrogen (secondary N) is 1. The first-order chi connectivity index (χ1) is 12.1. The van der Waals surface area contributed by atoms with Crippen LogP contribution in [0.3, 0.4) is 0 Å². The second kappa shape index (κ2) is 7.97. The van der Waals surface area contributed by atoms with E-state index in [4.69, 9.17) is 11.6 Å². The van der Waals surface area contributed by atoms with E-state index in [1.54, 1.807) is 16.8 Å². The number of rotatable bonds is 5. The van der Waals surface area contributed by atoms with Crippen LogP contribution in [0.4, 0.5) is 0 Å². The topological polar surface area (TPSA) is 63.1 Å². The standard InChI is InChI=1S/C18H24ClN5O/c1-3-10-23-11-8-15(9-12-23)21-18(25)17-20-13(2)24(22-17)16-6-4-14(19)5-7-16/h4-7,15H,3,8-12H2,1-2H3,(H,21,25). The van der Waals surface area contributed by atoms with Gasteiger partial charge in [0.05, 0.1) is 5.69 Å². The smallest absolute Gasteiger partial charge is 0.291 e. The molecule has 1 amide bonds. The molecule has 3 rings (SSSR count). The number of aromatic nitrogens is 3. The molecule has 1 aromatic heterocycles. The molecular weight excluding hydrogens is 338 g/mol. The lowest BCUT2D eigenvalue weighted by Gasteiger charge is -2.31. The van der Waals surface area contributed by atoms with E-state index in [-0.39, 0.29) is 17.8 Å². The third kappa shape index (κ3) is 4.38. The van der Waals surface area contributed by atoms with Crippen molar-refractivity contribution >= 4 is 17.5 Å². The van der Waals surface area contributed by atoms with Crippen molar-refractivity contribution in [3.8, 4) is 5.69 Å². The molecule has 7 heteroatoms. The van der Waals surface area contributed by atoms with Crippen molar-refractivity contribution in [2.45, 2.75) is 39.2 Å². The van der Waals surface area contributed by atoms with E-state index < -0.39 is 0 Å². The van der Waals surface area contributed by atoms with E-state index in [0.717, 1.165) is 38.2 Å². The molecular formula is C18H24ClN5O. The van der Waals surface area contributed by atoms with Gasteiger partial charge in [-0.25, -0.2) is 9.67 Å². The largest absolute Gasteiger partial charge is 0.346 e. The Bertz CT molecular complexity index is 720. The number of carbonyl (C=O) groups excluding carboxylic acids is 1. The van der Waals surface area contributed by atoms with Crippen molar-refractivity contribution in [3.63, 3.8) is 0 Å². The lowest BCUT2D eigenvalue weighted by Crippen LogP contribution is -2.45. The Kier molecular flexibility index (Phi) is 5.71. The molecule has 1 aliphatic heterocycles. The first kappa shape index (κ1) is 17.9. The second-order valence-electron chi connectivity index (χ2n) is 6.46. The molecule has 0 unspecified atom stereocenters. The summed E-state index contributed by atoms with van der Waals surface area (Å²) in [4.78, 5) is 19.2. The van der Waals surface area contributed by atoms with E-state index in [2.05, 4.69) is 27.2 Å². The van der Waals surface area contributed by atoms with E-state index >= 15 is 0 Å². The Morgan fingerprint density at radius 2 is 1.96 bits per heavy atom. The molecule has 1 fully saturated rings. The van der Waals surface area contributed by atoms with Gasteiger partial charge in [0.1, 0.15) is 5.82 Å². The minimum absolute atomic E-state index is 0.198. The first-order valence-electron chi connectivity index (χ1n) is 8.79. The summed E-state index contributed by atoms with van der Waals surface area (Å²) in [6.45, 7) is 7.22. The van der Waals surface area contributed by atoms with Gasteiger partial charge in [-0.3, -0.25) is 4.79 Å². The highest BCUT2D eigenvalue weighted by Crippen LogP contribution is 2.15. The van der Waals surface area contributed by atoms with Crippen LogP contribution < -0.4 is 5.32 Å². The van der Waals surface area contributed by atoms with Crippen LogP contribution in [0.2, 0.25) is 5.02 Å². The molecule has 0 saturated carbocycles. The Hall–Kier alpha value is -1.92. The summed E-state index contributed by atoms with van der Waals surface area (Å²) in [6.07, 6.45) is 3.12. The summed E-state index contributed by atoms with van der Waals surface area (Å²) < 4.78 is 1.66. The maximum atomic E-state index is 12.5. The van der Waals surface area contributed by atoms with Crippen molar-refractivity contribution < 1.29 is 4.79 Å². The van der Waals surface area contributed by atoms with Gasteiger partial charge in [0.2, 0.25) is 5.82 Å². The molecule has 134 valence electrons. The van der Waals surface area contributed by atoms with E-state index in [0.29, 0.717) is 10.8 Å². The highest BCUT2D eigenvalue weighted by Gasteiger charge is 2.23. The lowest BCUT2D eigenvalue weighted by molar-refractivity contribution is 0.0900. The van der Waals surface area contributed by atoms with Crippen LogP contribution in [0.15, 0.2) is 24.3 Å². The van der Waals surface area contributed by atoms with E-state index in [1.807, 2.05) is 19.1 Å². The van der Waals surface area contributed by atoms with Crippen molar-refractivity contribution in [1.29, 1.82) is 0 Å². The van der Waals surface area contributed by atoms with Gasteiger partial charge in [0, 0.05) is 24.2 Å². The average molecular weight is 362 g/mol. The molecule has 0 radical (unpaired) electrons. The number of aryl methyl sites for hydroxylation is 1. The predicted molar refractivity (Wildman–Crippen MR) is 98.3 cm³/mol. The molecule has 1 saturated heterocycles. The molecule has 0 aliphatic carbocycles. The molecule has 0 spiro atoms. The van der Waals surface area contributed by atoms with Gasteiger partial charge in [-0.15, -0.1) is 5.10 Å². The van der Waals surface area contributed by atoms with Gasteiger partial charge in [0.25, 0.3) is 5.91 Å². The van der Waals surface area contributed by atoms with E-state index in [9.17, 15) is 4.79 Å². The van der Waals surface area contributed by atoms with Gasteiger partial charge in [0.15, 0.2) is 0 Å². The minimum atomic E-state index is -0.204. The fourth-order valence-electron chi connectivity index (χ4n) is 3.18. The summed E-state index contributed by atoms with van der Waals surface area (Å²) >= 11 is 5.92. The molecule has 6 nitrogen and oxygen atoms in total. The van der Waals surface area contributed by atoms with Crippen LogP contribution in [0.1, 0.15) is 42.6 Å². The Labute approximate surface area is 153 Å². The number of nitrogens with zero attached hydrogens (tertiary/aromatic N) is 4. The van der Waals surface area contributed by atoms with Gasteiger partial charge >= 0.3 is 0 Å². The number of halogens is 1. The maximum Gasteiger partial charge on any atom is 0.291 e. The Morgan fingerprint density at radius 3 is 2.60 bits per heavy atom. The molecule has 0 atom stereocenters. The summed E-state index contributed by atoms with van der Waals surface area (Å²) in [5.41, 5.74) is 0.835. The number of likely N-dealkylation sites (tertiary alicyclic amines) is 1. The van der Waals surface area contributed by atoms with Crippen molar-refractivity contribution in [1.82, 2.24) is 25.0 Å². The Balaban J connectivity index is 1.63.